The number of para-hydroxylation sites is 2. The van der Waals surface area contributed by atoms with Gasteiger partial charge in [0, 0.05) is 39.3 Å². The van der Waals surface area contributed by atoms with Crippen molar-refractivity contribution < 1.29 is 13.2 Å². The lowest BCUT2D eigenvalue weighted by Crippen LogP contribution is -2.27. The van der Waals surface area contributed by atoms with E-state index < -0.39 is 10.0 Å². The molecule has 30 heavy (non-hydrogen) atoms. The third-order valence-corrected chi connectivity index (χ3v) is 6.16. The van der Waals surface area contributed by atoms with Crippen molar-refractivity contribution in [1.82, 2.24) is 24.6 Å². The van der Waals surface area contributed by atoms with Gasteiger partial charge in [-0.1, -0.05) is 12.1 Å². The van der Waals surface area contributed by atoms with Crippen LogP contribution in [0.5, 0.6) is 0 Å². The molecule has 3 heterocycles. The topological polar surface area (TPSA) is 122 Å². The Balaban J connectivity index is 1.54. The molecule has 0 unspecified atom stereocenters. The van der Waals surface area contributed by atoms with Crippen molar-refractivity contribution >= 4 is 38.6 Å². The van der Waals surface area contributed by atoms with Gasteiger partial charge in [-0.2, -0.15) is 5.10 Å². The molecule has 0 saturated carbocycles. The third kappa shape index (κ3) is 4.35. The normalized spacial score (nSPS) is 14.4. The zero-order valence-electron chi connectivity index (χ0n) is 16.6. The number of fused-ring (bicyclic) bond motifs is 1. The predicted molar refractivity (Wildman–Crippen MR) is 112 cm³/mol. The molecule has 1 fully saturated rings. The van der Waals surface area contributed by atoms with E-state index in [0.717, 1.165) is 19.4 Å². The van der Waals surface area contributed by atoms with Crippen LogP contribution in [-0.4, -0.2) is 58.6 Å². The Labute approximate surface area is 174 Å². The summed E-state index contributed by atoms with van der Waals surface area (Å²) in [6.45, 7) is 1.98. The fourth-order valence-electron chi connectivity index (χ4n) is 3.34. The van der Waals surface area contributed by atoms with Gasteiger partial charge >= 0.3 is 0 Å². The Bertz CT molecular complexity index is 1180. The number of rotatable bonds is 8. The third-order valence-electron chi connectivity index (χ3n) is 4.86. The van der Waals surface area contributed by atoms with Crippen LogP contribution in [0.3, 0.4) is 0 Å². The number of hydrogen-bond acceptors (Lipinski definition) is 7. The summed E-state index contributed by atoms with van der Waals surface area (Å²) in [5, 5.41) is 7.08. The zero-order chi connectivity index (χ0) is 21.1. The molecule has 1 saturated heterocycles. The lowest BCUT2D eigenvalue weighted by molar-refractivity contribution is -0.127. The van der Waals surface area contributed by atoms with Crippen LogP contribution in [0.4, 0.5) is 11.6 Å². The number of nitrogens with one attached hydrogen (secondary N) is 2. The van der Waals surface area contributed by atoms with Crippen molar-refractivity contribution in [1.29, 1.82) is 0 Å². The molecule has 1 aliphatic rings. The molecule has 2 aromatic heterocycles. The van der Waals surface area contributed by atoms with Gasteiger partial charge in [0.2, 0.25) is 5.91 Å². The molecule has 4 rings (SSSR count). The minimum atomic E-state index is -3.86. The molecule has 1 aromatic carbocycles. The van der Waals surface area contributed by atoms with Gasteiger partial charge in [0.05, 0.1) is 17.2 Å². The summed E-state index contributed by atoms with van der Waals surface area (Å²) in [4.78, 5) is 22.6. The summed E-state index contributed by atoms with van der Waals surface area (Å²) in [7, 11) is -2.22. The van der Waals surface area contributed by atoms with E-state index in [4.69, 9.17) is 0 Å². The van der Waals surface area contributed by atoms with Gasteiger partial charge in [0.1, 0.15) is 4.90 Å². The first kappa shape index (κ1) is 20.1. The molecule has 0 atom stereocenters. The maximum absolute atomic E-state index is 12.7. The molecular weight excluding hydrogens is 406 g/mol. The quantitative estimate of drug-likeness (QED) is 0.521. The van der Waals surface area contributed by atoms with Crippen LogP contribution in [0.25, 0.3) is 11.0 Å². The number of benzene rings is 1. The number of likely N-dealkylation sites (tertiary alicyclic amines) is 1. The second kappa shape index (κ2) is 8.27. The number of amides is 1. The number of hydrogen-bond donors (Lipinski definition) is 2. The largest absolute Gasteiger partial charge is 0.367 e. The highest BCUT2D eigenvalue weighted by molar-refractivity contribution is 7.92. The molecule has 11 heteroatoms. The van der Waals surface area contributed by atoms with Crippen molar-refractivity contribution in [2.24, 2.45) is 7.05 Å². The number of aromatic nitrogens is 4. The van der Waals surface area contributed by atoms with E-state index in [0.29, 0.717) is 36.4 Å². The van der Waals surface area contributed by atoms with Crippen LogP contribution in [0.15, 0.2) is 41.6 Å². The average molecular weight is 430 g/mol. The maximum Gasteiger partial charge on any atom is 0.266 e. The fourth-order valence-corrected chi connectivity index (χ4v) is 4.33. The molecule has 3 aromatic rings. The van der Waals surface area contributed by atoms with E-state index >= 15 is 0 Å². The average Bonchev–Trinajstić information content (AvgIpc) is 3.34. The second-order valence-electron chi connectivity index (χ2n) is 7.13. The highest BCUT2D eigenvalue weighted by Gasteiger charge is 2.21. The number of aryl methyl sites for hydroxylation is 1. The minimum Gasteiger partial charge on any atom is -0.367 e. The molecule has 0 bridgehead atoms. The van der Waals surface area contributed by atoms with Crippen molar-refractivity contribution in [2.75, 3.05) is 29.7 Å². The summed E-state index contributed by atoms with van der Waals surface area (Å²) in [6.07, 6.45) is 4.93. The van der Waals surface area contributed by atoms with Crippen molar-refractivity contribution in [3.8, 4) is 0 Å². The van der Waals surface area contributed by atoms with E-state index in [-0.39, 0.29) is 16.6 Å². The van der Waals surface area contributed by atoms with Gasteiger partial charge in [0.25, 0.3) is 10.0 Å². The van der Waals surface area contributed by atoms with Crippen molar-refractivity contribution in [3.05, 3.63) is 36.7 Å². The standard InChI is InChI=1S/C19H23N7O3S/c1-25-13-14(12-21-25)30(28,29)24-19-18(22-15-6-2-3-7-16(15)23-19)20-9-5-11-26-10-4-8-17(26)27/h2-3,6-7,12-13H,4-5,8-11H2,1H3,(H,20,22)(H,23,24). The number of nitrogens with zero attached hydrogens (tertiary/aromatic N) is 5. The fraction of sp³-hybridized carbons (Fsp3) is 0.368. The highest BCUT2D eigenvalue weighted by Crippen LogP contribution is 2.24. The van der Waals surface area contributed by atoms with E-state index in [1.807, 2.05) is 23.1 Å². The second-order valence-corrected chi connectivity index (χ2v) is 8.81. The van der Waals surface area contributed by atoms with E-state index in [1.165, 1.54) is 17.1 Å². The van der Waals surface area contributed by atoms with Gasteiger partial charge in [-0.3, -0.25) is 14.2 Å². The SMILES string of the molecule is Cn1cc(S(=O)(=O)Nc2nc3ccccc3nc2NCCCN2CCCC2=O)cn1. The predicted octanol–water partition coefficient (Wildman–Crippen LogP) is 1.59. The molecule has 1 amide bonds. The number of anilines is 2. The first-order chi connectivity index (χ1) is 14.4. The van der Waals surface area contributed by atoms with E-state index in [9.17, 15) is 13.2 Å². The molecule has 0 spiro atoms. The van der Waals surface area contributed by atoms with Gasteiger partial charge in [0.15, 0.2) is 11.6 Å². The van der Waals surface area contributed by atoms with Crippen LogP contribution < -0.4 is 10.0 Å². The first-order valence-corrected chi connectivity index (χ1v) is 11.2. The van der Waals surface area contributed by atoms with E-state index in [2.05, 4.69) is 25.1 Å². The number of sulfonamides is 1. The molecule has 158 valence electrons. The molecule has 0 radical (unpaired) electrons. The Kier molecular flexibility index (Phi) is 5.53. The molecular formula is C19H23N7O3S. The molecule has 1 aliphatic heterocycles. The van der Waals surface area contributed by atoms with Crippen LogP contribution in [0.2, 0.25) is 0 Å². The van der Waals surface area contributed by atoms with Crippen molar-refractivity contribution in [3.63, 3.8) is 0 Å². The summed E-state index contributed by atoms with van der Waals surface area (Å²) in [5.41, 5.74) is 1.23. The Morgan fingerprint density at radius 1 is 1.13 bits per heavy atom. The molecule has 10 nitrogen and oxygen atoms in total. The lowest BCUT2D eigenvalue weighted by atomic mass is 10.3. The summed E-state index contributed by atoms with van der Waals surface area (Å²) >= 11 is 0. The van der Waals surface area contributed by atoms with Crippen LogP contribution in [0, 0.1) is 0 Å². The van der Waals surface area contributed by atoms with Gasteiger partial charge in [-0.25, -0.2) is 18.4 Å². The van der Waals surface area contributed by atoms with Crippen LogP contribution in [-0.2, 0) is 21.9 Å². The molecule has 2 N–H and O–H groups in total. The van der Waals surface area contributed by atoms with Gasteiger partial charge < -0.3 is 10.2 Å². The van der Waals surface area contributed by atoms with Crippen molar-refractivity contribution in [2.45, 2.75) is 24.2 Å². The Morgan fingerprint density at radius 2 is 1.87 bits per heavy atom. The van der Waals surface area contributed by atoms with Crippen LogP contribution >= 0.6 is 0 Å². The summed E-state index contributed by atoms with van der Waals surface area (Å²) in [5.74, 6) is 0.647. The molecule has 0 aliphatic carbocycles. The summed E-state index contributed by atoms with van der Waals surface area (Å²) < 4.78 is 29.4. The maximum atomic E-state index is 12.7. The zero-order valence-corrected chi connectivity index (χ0v) is 17.4. The van der Waals surface area contributed by atoms with Gasteiger partial charge in [-0.15, -0.1) is 0 Å². The monoisotopic (exact) mass is 429 g/mol. The van der Waals surface area contributed by atoms with E-state index in [1.54, 1.807) is 13.1 Å². The highest BCUT2D eigenvalue weighted by atomic mass is 32.2. The first-order valence-electron chi connectivity index (χ1n) is 9.72. The van der Waals surface area contributed by atoms with Gasteiger partial charge in [-0.05, 0) is 25.0 Å². The number of carbonyl (C=O) groups is 1. The lowest BCUT2D eigenvalue weighted by Gasteiger charge is -2.16. The smallest absolute Gasteiger partial charge is 0.266 e. The van der Waals surface area contributed by atoms with Crippen LogP contribution in [0.1, 0.15) is 19.3 Å². The minimum absolute atomic E-state index is 0.0402. The number of carbonyl (C=O) groups excluding carboxylic acids is 1. The summed E-state index contributed by atoms with van der Waals surface area (Å²) in [6, 6.07) is 7.25. The Morgan fingerprint density at radius 3 is 2.50 bits per heavy atom. The Hall–Kier alpha value is -3.21.